The van der Waals surface area contributed by atoms with E-state index in [0.29, 0.717) is 12.1 Å². The first-order valence-corrected chi connectivity index (χ1v) is 7.39. The number of aromatic nitrogens is 2. The van der Waals surface area contributed by atoms with Crippen LogP contribution in [0.1, 0.15) is 17.4 Å². The second kappa shape index (κ2) is 6.13. The molecule has 1 N–H and O–H groups in total. The third kappa shape index (κ3) is 2.95. The lowest BCUT2D eigenvalue weighted by Gasteiger charge is -2.35. The monoisotopic (exact) mass is 308 g/mol. The van der Waals surface area contributed by atoms with Gasteiger partial charge in [0.05, 0.1) is 11.1 Å². The van der Waals surface area contributed by atoms with Crippen LogP contribution in [0.4, 0.5) is 4.39 Å². The summed E-state index contributed by atoms with van der Waals surface area (Å²) in [5.74, 6) is 0.668. The van der Waals surface area contributed by atoms with E-state index in [-0.39, 0.29) is 16.9 Å². The van der Waals surface area contributed by atoms with Gasteiger partial charge in [0, 0.05) is 51.2 Å². The van der Waals surface area contributed by atoms with Gasteiger partial charge in [0.2, 0.25) is 0 Å². The first-order valence-electron chi connectivity index (χ1n) is 7.01. The predicted octanol–water partition coefficient (Wildman–Crippen LogP) is 2.36. The Labute approximate surface area is 128 Å². The highest BCUT2D eigenvalue weighted by Crippen LogP contribution is 2.25. The van der Waals surface area contributed by atoms with Crippen molar-refractivity contribution in [2.75, 3.05) is 19.6 Å². The molecule has 0 bridgehead atoms. The van der Waals surface area contributed by atoms with E-state index < -0.39 is 0 Å². The summed E-state index contributed by atoms with van der Waals surface area (Å²) in [6.07, 6.45) is 3.73. The molecule has 21 heavy (non-hydrogen) atoms. The summed E-state index contributed by atoms with van der Waals surface area (Å²) in [5.41, 5.74) is 0.628. The Kier molecular flexibility index (Phi) is 4.24. The van der Waals surface area contributed by atoms with Crippen LogP contribution >= 0.6 is 11.6 Å². The first-order chi connectivity index (χ1) is 10.2. The average molecular weight is 309 g/mol. The van der Waals surface area contributed by atoms with Crippen molar-refractivity contribution in [1.82, 2.24) is 19.8 Å². The largest absolute Gasteiger partial charge is 0.337 e. The van der Waals surface area contributed by atoms with Crippen molar-refractivity contribution in [3.05, 3.63) is 52.8 Å². The maximum Gasteiger partial charge on any atom is 0.146 e. The minimum atomic E-state index is -0.323. The Morgan fingerprint density at radius 1 is 1.48 bits per heavy atom. The standard InChI is InChI=1S/C15H18ClFN4/c1-20-7-6-19-15(20)13-9-18-5-8-21(13)10-11-3-2-4-12(16)14(11)17/h2-4,6-7,13,18H,5,8-10H2,1H3. The summed E-state index contributed by atoms with van der Waals surface area (Å²) in [6, 6.07) is 5.29. The molecule has 0 spiro atoms. The fraction of sp³-hybridized carbons (Fsp3) is 0.400. The van der Waals surface area contributed by atoms with Crippen molar-refractivity contribution >= 4 is 11.6 Å². The van der Waals surface area contributed by atoms with Crippen molar-refractivity contribution in [2.45, 2.75) is 12.6 Å². The van der Waals surface area contributed by atoms with Gasteiger partial charge in [-0.15, -0.1) is 0 Å². The summed E-state index contributed by atoms with van der Waals surface area (Å²) < 4.78 is 16.1. The van der Waals surface area contributed by atoms with Crippen LogP contribution in [-0.2, 0) is 13.6 Å². The summed E-state index contributed by atoms with van der Waals surface area (Å²) in [7, 11) is 1.98. The maximum atomic E-state index is 14.1. The van der Waals surface area contributed by atoms with Gasteiger partial charge in [0.1, 0.15) is 11.6 Å². The molecule has 1 saturated heterocycles. The number of halogens is 2. The number of nitrogens with zero attached hydrogens (tertiary/aromatic N) is 3. The van der Waals surface area contributed by atoms with Gasteiger partial charge < -0.3 is 9.88 Å². The molecule has 1 unspecified atom stereocenters. The molecule has 3 rings (SSSR count). The van der Waals surface area contributed by atoms with Crippen molar-refractivity contribution in [1.29, 1.82) is 0 Å². The summed E-state index contributed by atoms with van der Waals surface area (Å²) in [6.45, 7) is 3.09. The fourth-order valence-corrected chi connectivity index (χ4v) is 2.97. The average Bonchev–Trinajstić information content (AvgIpc) is 2.90. The van der Waals surface area contributed by atoms with Crippen LogP contribution in [0.5, 0.6) is 0 Å². The first kappa shape index (κ1) is 14.5. The van der Waals surface area contributed by atoms with Gasteiger partial charge in [0.15, 0.2) is 0 Å². The van der Waals surface area contributed by atoms with Gasteiger partial charge in [-0.05, 0) is 6.07 Å². The highest BCUT2D eigenvalue weighted by Gasteiger charge is 2.27. The lowest BCUT2D eigenvalue weighted by molar-refractivity contribution is 0.143. The van der Waals surface area contributed by atoms with Crippen LogP contribution in [0.3, 0.4) is 0 Å². The van der Waals surface area contributed by atoms with E-state index in [1.165, 1.54) is 0 Å². The molecule has 0 radical (unpaired) electrons. The van der Waals surface area contributed by atoms with Gasteiger partial charge in [-0.2, -0.15) is 0 Å². The Hall–Kier alpha value is -1.43. The van der Waals surface area contributed by atoms with E-state index in [1.54, 1.807) is 24.4 Å². The molecule has 2 heterocycles. The minimum absolute atomic E-state index is 0.136. The Morgan fingerprint density at radius 2 is 2.33 bits per heavy atom. The fourth-order valence-electron chi connectivity index (χ4n) is 2.78. The topological polar surface area (TPSA) is 33.1 Å². The van der Waals surface area contributed by atoms with Gasteiger partial charge in [-0.1, -0.05) is 23.7 Å². The normalized spacial score (nSPS) is 19.9. The number of imidazole rings is 1. The third-order valence-electron chi connectivity index (χ3n) is 3.92. The molecule has 1 aliphatic rings. The zero-order valence-electron chi connectivity index (χ0n) is 11.9. The van der Waals surface area contributed by atoms with E-state index >= 15 is 0 Å². The van der Waals surface area contributed by atoms with Gasteiger partial charge in [-0.3, -0.25) is 4.90 Å². The zero-order valence-corrected chi connectivity index (χ0v) is 12.6. The quantitative estimate of drug-likeness (QED) is 0.945. The van der Waals surface area contributed by atoms with Gasteiger partial charge in [-0.25, -0.2) is 9.37 Å². The van der Waals surface area contributed by atoms with Crippen molar-refractivity contribution in [3.63, 3.8) is 0 Å². The van der Waals surface area contributed by atoms with Crippen LogP contribution in [0.25, 0.3) is 0 Å². The second-order valence-electron chi connectivity index (χ2n) is 5.30. The molecule has 1 aromatic heterocycles. The molecule has 1 fully saturated rings. The molecule has 6 heteroatoms. The Balaban J connectivity index is 1.85. The number of rotatable bonds is 3. The second-order valence-corrected chi connectivity index (χ2v) is 5.71. The predicted molar refractivity (Wildman–Crippen MR) is 80.6 cm³/mol. The molecule has 1 atom stereocenters. The zero-order chi connectivity index (χ0) is 14.8. The molecular formula is C15H18ClFN4. The lowest BCUT2D eigenvalue weighted by atomic mass is 10.1. The molecule has 0 amide bonds. The number of piperazine rings is 1. The number of hydrogen-bond acceptors (Lipinski definition) is 3. The molecule has 112 valence electrons. The van der Waals surface area contributed by atoms with Crippen LogP contribution in [0.15, 0.2) is 30.6 Å². The number of hydrogen-bond donors (Lipinski definition) is 1. The van der Waals surface area contributed by atoms with Crippen LogP contribution in [0, 0.1) is 5.82 Å². The maximum absolute atomic E-state index is 14.1. The van der Waals surface area contributed by atoms with Gasteiger partial charge in [0.25, 0.3) is 0 Å². The van der Waals surface area contributed by atoms with Crippen LogP contribution < -0.4 is 5.32 Å². The molecule has 0 saturated carbocycles. The number of benzene rings is 1. The summed E-state index contributed by atoms with van der Waals surface area (Å²) >= 11 is 5.87. The number of aryl methyl sites for hydroxylation is 1. The Bertz CT molecular complexity index is 628. The Morgan fingerprint density at radius 3 is 3.10 bits per heavy atom. The van der Waals surface area contributed by atoms with E-state index in [0.717, 1.165) is 25.5 Å². The van der Waals surface area contributed by atoms with E-state index in [2.05, 4.69) is 15.2 Å². The van der Waals surface area contributed by atoms with Gasteiger partial charge >= 0.3 is 0 Å². The van der Waals surface area contributed by atoms with Crippen molar-refractivity contribution in [2.24, 2.45) is 7.05 Å². The number of nitrogens with one attached hydrogen (secondary N) is 1. The molecule has 1 aromatic carbocycles. The van der Waals surface area contributed by atoms with E-state index in [9.17, 15) is 4.39 Å². The highest BCUT2D eigenvalue weighted by molar-refractivity contribution is 6.30. The molecule has 4 nitrogen and oxygen atoms in total. The smallest absolute Gasteiger partial charge is 0.146 e. The van der Waals surface area contributed by atoms with Crippen LogP contribution in [-0.4, -0.2) is 34.1 Å². The lowest BCUT2D eigenvalue weighted by Crippen LogP contribution is -2.46. The SMILES string of the molecule is Cn1ccnc1C1CNCCN1Cc1cccc(Cl)c1F. The van der Waals surface area contributed by atoms with Crippen molar-refractivity contribution in [3.8, 4) is 0 Å². The molecule has 0 aliphatic carbocycles. The summed E-state index contributed by atoms with van der Waals surface area (Å²) in [4.78, 5) is 6.68. The molecule has 1 aliphatic heterocycles. The van der Waals surface area contributed by atoms with Crippen LogP contribution in [0.2, 0.25) is 5.02 Å². The van der Waals surface area contributed by atoms with Crippen molar-refractivity contribution < 1.29 is 4.39 Å². The third-order valence-corrected chi connectivity index (χ3v) is 4.21. The minimum Gasteiger partial charge on any atom is -0.337 e. The molecular weight excluding hydrogens is 291 g/mol. The summed E-state index contributed by atoms with van der Waals surface area (Å²) in [5, 5.41) is 3.55. The molecule has 2 aromatic rings. The van der Waals surface area contributed by atoms with E-state index in [1.807, 2.05) is 17.8 Å². The van der Waals surface area contributed by atoms with E-state index in [4.69, 9.17) is 11.6 Å². The highest BCUT2D eigenvalue weighted by atomic mass is 35.5.